The highest BCUT2D eigenvalue weighted by Gasteiger charge is 2.46. The van der Waals surface area contributed by atoms with Crippen LogP contribution in [0.4, 0.5) is 16.3 Å². The van der Waals surface area contributed by atoms with E-state index in [0.29, 0.717) is 17.2 Å². The minimum Gasteiger partial charge on any atom is -0.542 e. The molecule has 3 atom stereocenters. The quantitative estimate of drug-likeness (QED) is 0.0629. The lowest BCUT2D eigenvalue weighted by Crippen LogP contribution is -2.44. The Kier molecular flexibility index (Phi) is 14.8. The number of hydrogen-bond donors (Lipinski definition) is 1. The normalized spacial score (nSPS) is 18.6. The fourth-order valence-corrected chi connectivity index (χ4v) is 7.63. The van der Waals surface area contributed by atoms with Crippen molar-refractivity contribution in [1.82, 2.24) is 14.9 Å². The third kappa shape index (κ3) is 11.7. The van der Waals surface area contributed by atoms with E-state index in [0.717, 1.165) is 5.56 Å². The van der Waals surface area contributed by atoms with Gasteiger partial charge in [0.2, 0.25) is 22.5 Å². The van der Waals surface area contributed by atoms with Gasteiger partial charge in [0.15, 0.2) is 17.2 Å². The van der Waals surface area contributed by atoms with Crippen LogP contribution in [0.2, 0.25) is 54.4 Å². The Morgan fingerprint density at radius 2 is 1.48 bits per heavy atom. The predicted molar refractivity (Wildman–Crippen MR) is 241 cm³/mol. The number of alkyl carbamates (subject to hydrolysis) is 1. The second-order valence-electron chi connectivity index (χ2n) is 20.3. The number of rotatable bonds is 16. The molecule has 3 heterocycles. The zero-order valence-electron chi connectivity index (χ0n) is 38.8. The number of anilines is 2. The summed E-state index contributed by atoms with van der Waals surface area (Å²) in [6.07, 6.45) is -0.799. The van der Waals surface area contributed by atoms with Gasteiger partial charge in [0.1, 0.15) is 37.4 Å². The molecule has 1 saturated heterocycles. The summed E-state index contributed by atoms with van der Waals surface area (Å²) in [5, 5.41) is 3.87. The van der Waals surface area contributed by atoms with Crippen LogP contribution in [0.5, 0.6) is 17.2 Å². The van der Waals surface area contributed by atoms with Crippen molar-refractivity contribution in [2.24, 2.45) is 0 Å². The highest BCUT2D eigenvalue weighted by atomic mass is 28.4. The Morgan fingerprint density at radius 1 is 0.836 bits per heavy atom. The molecule has 1 fully saturated rings. The third-order valence-corrected chi connectivity index (χ3v) is 25.0. The van der Waals surface area contributed by atoms with Crippen molar-refractivity contribution in [3.8, 4) is 17.2 Å². The maximum atomic E-state index is 14.1. The summed E-state index contributed by atoms with van der Waals surface area (Å²) in [6.45, 7) is 32.2. The molecule has 2 aliphatic rings. The van der Waals surface area contributed by atoms with E-state index in [9.17, 15) is 9.59 Å². The molecule has 61 heavy (non-hydrogen) atoms. The van der Waals surface area contributed by atoms with Crippen LogP contribution >= 0.6 is 0 Å². The van der Waals surface area contributed by atoms with Gasteiger partial charge in [-0.1, -0.05) is 98.7 Å². The van der Waals surface area contributed by atoms with E-state index in [1.54, 1.807) is 12.3 Å². The number of aromatic nitrogens is 2. The van der Waals surface area contributed by atoms with Crippen molar-refractivity contribution in [3.63, 3.8) is 0 Å². The molecule has 0 saturated carbocycles. The molecule has 0 spiro atoms. The van der Waals surface area contributed by atoms with E-state index in [4.69, 9.17) is 42.4 Å². The Labute approximate surface area is 364 Å². The Balaban J connectivity index is 1.42. The molecule has 0 radical (unpaired) electrons. The van der Waals surface area contributed by atoms with Crippen LogP contribution in [-0.2, 0) is 39.8 Å². The van der Waals surface area contributed by atoms with Gasteiger partial charge in [0, 0.05) is 13.0 Å². The third-order valence-electron chi connectivity index (χ3n) is 12.4. The molecule has 18 heteroatoms. The van der Waals surface area contributed by atoms with Gasteiger partial charge >= 0.3 is 11.8 Å². The van der Waals surface area contributed by atoms with Crippen LogP contribution in [0.1, 0.15) is 80.5 Å². The van der Waals surface area contributed by atoms with E-state index < -0.39 is 55.2 Å². The molecule has 3 aromatic rings. The van der Waals surface area contributed by atoms with Gasteiger partial charge in [0.05, 0.1) is 12.8 Å². The SMILES string of the molecule is CC(C)(C)[Si](C)(C)OOC[C@H]1O[C@@H](n2cc3c(nc2=O)N(OCCNC(=O)OCc2ccccc2)c2c(cccc2O[Si](C)(C)C(C)(C)C)O3)C[C@@H]1OO[Si](C)(C)C(C)(C)C. The fraction of sp³-hybridized carbons (Fsp3) is 0.605. The van der Waals surface area contributed by atoms with Gasteiger partial charge in [-0.3, -0.25) is 18.6 Å². The van der Waals surface area contributed by atoms with Crippen molar-refractivity contribution < 1.29 is 47.2 Å². The number of nitrogens with one attached hydrogen (secondary N) is 1. The van der Waals surface area contributed by atoms with Crippen molar-refractivity contribution >= 4 is 42.6 Å². The number of carbonyl (C=O) groups is 1. The van der Waals surface area contributed by atoms with Crippen LogP contribution in [-0.4, -0.2) is 72.6 Å². The Hall–Kier alpha value is -3.60. The van der Waals surface area contributed by atoms with Gasteiger partial charge < -0.3 is 24.0 Å². The number of hydrogen-bond acceptors (Lipinski definition) is 13. The second kappa shape index (κ2) is 18.6. The van der Waals surface area contributed by atoms with Crippen molar-refractivity contribution in [2.45, 2.75) is 148 Å². The predicted octanol–water partition coefficient (Wildman–Crippen LogP) is 10.3. The van der Waals surface area contributed by atoms with Crippen molar-refractivity contribution in [3.05, 3.63) is 70.8 Å². The highest BCUT2D eigenvalue weighted by molar-refractivity contribution is 6.75. The summed E-state index contributed by atoms with van der Waals surface area (Å²) < 4.78 is 38.8. The highest BCUT2D eigenvalue weighted by Crippen LogP contribution is 2.52. The number of amides is 1. The summed E-state index contributed by atoms with van der Waals surface area (Å²) in [7, 11) is -6.96. The number of benzene rings is 2. The van der Waals surface area contributed by atoms with Crippen molar-refractivity contribution in [2.75, 3.05) is 24.8 Å². The molecule has 2 aromatic carbocycles. The molecule has 1 amide bonds. The number of nitrogens with zero attached hydrogens (tertiary/aromatic N) is 3. The lowest BCUT2D eigenvalue weighted by Gasteiger charge is -2.39. The fourth-order valence-electron chi connectivity index (χ4n) is 5.38. The molecule has 5 rings (SSSR count). The topological polar surface area (TPSA) is 150 Å². The maximum Gasteiger partial charge on any atom is 0.407 e. The molecule has 2 aliphatic heterocycles. The summed E-state index contributed by atoms with van der Waals surface area (Å²) in [6, 6.07) is 14.9. The average molecular weight is 901 g/mol. The second-order valence-corrected chi connectivity index (χ2v) is 34.4. The number of ether oxygens (including phenoxy) is 3. The first-order valence-corrected chi connectivity index (χ1v) is 29.7. The Morgan fingerprint density at radius 3 is 2.11 bits per heavy atom. The summed E-state index contributed by atoms with van der Waals surface area (Å²) in [5.41, 5.74) is 0.702. The average Bonchev–Trinajstić information content (AvgIpc) is 3.55. The first-order chi connectivity index (χ1) is 28.2. The molecule has 338 valence electrons. The summed E-state index contributed by atoms with van der Waals surface area (Å²) in [5.74, 6) is 1.30. The molecular formula is C43H68N4O11Si3. The van der Waals surface area contributed by atoms with Crippen LogP contribution in [0.25, 0.3) is 0 Å². The zero-order chi connectivity index (χ0) is 45.2. The maximum absolute atomic E-state index is 14.1. The lowest BCUT2D eigenvalue weighted by molar-refractivity contribution is -0.290. The van der Waals surface area contributed by atoms with Crippen LogP contribution in [0, 0.1) is 0 Å². The molecule has 0 aliphatic carbocycles. The zero-order valence-corrected chi connectivity index (χ0v) is 41.8. The molecule has 0 bridgehead atoms. The molecule has 1 N–H and O–H groups in total. The minimum absolute atomic E-state index is 0.00385. The molecule has 0 unspecified atom stereocenters. The largest absolute Gasteiger partial charge is 0.542 e. The summed E-state index contributed by atoms with van der Waals surface area (Å²) in [4.78, 5) is 49.6. The smallest absolute Gasteiger partial charge is 0.407 e. The number of fused-ring (bicyclic) bond motifs is 2. The van der Waals surface area contributed by atoms with E-state index >= 15 is 0 Å². The minimum atomic E-state index is -2.38. The van der Waals surface area contributed by atoms with Crippen LogP contribution < -0.4 is 25.2 Å². The first kappa shape index (κ1) is 48.4. The van der Waals surface area contributed by atoms with Crippen LogP contribution in [0.15, 0.2) is 59.5 Å². The monoisotopic (exact) mass is 900 g/mol. The Bertz CT molecular complexity index is 2030. The van der Waals surface area contributed by atoms with E-state index in [2.05, 4.69) is 112 Å². The van der Waals surface area contributed by atoms with Crippen molar-refractivity contribution in [1.29, 1.82) is 0 Å². The molecule has 1 aromatic heterocycles. The van der Waals surface area contributed by atoms with Crippen LogP contribution in [0.3, 0.4) is 0 Å². The van der Waals surface area contributed by atoms with Gasteiger partial charge in [-0.2, -0.15) is 10.0 Å². The number of para-hydroxylation sites is 1. The van der Waals surface area contributed by atoms with E-state index in [1.807, 2.05) is 42.5 Å². The standard InChI is InChI=1S/C43H68N4O11Si3/c1-41(2,3)59(10,11)56-32-23-19-22-31-37(32)47(51-25-24-44-40(49)50-28-30-20-17-16-18-21-30)38-34(53-31)27-46(39(48)45-38)36-26-33(55-58-61(14,15)43(7,8)9)35(54-36)29-52-57-60(12,13)42(4,5)6/h16-23,27,33,35-36H,24-26,28-29H2,1-15H3,(H,44,49)/t33-,35+,36+/m0/s1. The number of carbonyl (C=O) groups excluding carboxylic acids is 1. The van der Waals surface area contributed by atoms with Gasteiger partial charge in [0.25, 0.3) is 8.32 Å². The van der Waals surface area contributed by atoms with Gasteiger partial charge in [-0.05, 0) is 72.1 Å². The van der Waals surface area contributed by atoms with Gasteiger partial charge in [-0.15, -0.1) is 0 Å². The summed E-state index contributed by atoms with van der Waals surface area (Å²) >= 11 is 0. The van der Waals surface area contributed by atoms with E-state index in [-0.39, 0.29) is 59.5 Å². The van der Waals surface area contributed by atoms with Gasteiger partial charge in [-0.25, -0.2) is 19.4 Å². The molecular weight excluding hydrogens is 833 g/mol. The lowest BCUT2D eigenvalue weighted by atomic mass is 10.2. The first-order valence-electron chi connectivity index (χ1n) is 21.0. The molecule has 15 nitrogen and oxygen atoms in total. The van der Waals surface area contributed by atoms with E-state index in [1.165, 1.54) is 9.63 Å².